The van der Waals surface area contributed by atoms with Gasteiger partial charge in [-0.3, -0.25) is 0 Å². The average Bonchev–Trinajstić information content (AvgIpc) is 2.36. The van der Waals surface area contributed by atoms with Gasteiger partial charge in [0.2, 0.25) is 0 Å². The molecule has 0 bridgehead atoms. The van der Waals surface area contributed by atoms with E-state index < -0.39 is 18.8 Å². The molecule has 0 saturated carbocycles. The van der Waals surface area contributed by atoms with Gasteiger partial charge in [0, 0.05) is 17.8 Å². The molecule has 5 heteroatoms. The molecule has 0 aliphatic heterocycles. The highest BCUT2D eigenvalue weighted by atomic mass is 19.4. The van der Waals surface area contributed by atoms with E-state index in [9.17, 15) is 18.3 Å². The van der Waals surface area contributed by atoms with E-state index in [2.05, 4.69) is 0 Å². The second-order valence-corrected chi connectivity index (χ2v) is 4.52. The Morgan fingerprint density at radius 3 is 2.37 bits per heavy atom. The predicted octanol–water partition coefficient (Wildman–Crippen LogP) is 3.91. The number of anilines is 1. The van der Waals surface area contributed by atoms with Gasteiger partial charge in [0.15, 0.2) is 0 Å². The van der Waals surface area contributed by atoms with Crippen LogP contribution in [-0.2, 0) is 0 Å². The summed E-state index contributed by atoms with van der Waals surface area (Å²) in [5.74, 6) is 0. The van der Waals surface area contributed by atoms with Crippen molar-refractivity contribution in [3.05, 3.63) is 29.8 Å². The maximum Gasteiger partial charge on any atom is 0.405 e. The molecule has 1 aromatic rings. The lowest BCUT2D eigenvalue weighted by molar-refractivity contribution is -0.119. The lowest BCUT2D eigenvalue weighted by Gasteiger charge is -2.28. The Morgan fingerprint density at radius 2 is 1.84 bits per heavy atom. The van der Waals surface area contributed by atoms with Crippen LogP contribution in [0.4, 0.5) is 18.9 Å². The second kappa shape index (κ2) is 6.80. The van der Waals surface area contributed by atoms with Crippen LogP contribution in [0.15, 0.2) is 24.3 Å². The van der Waals surface area contributed by atoms with Crippen LogP contribution in [0.2, 0.25) is 0 Å². The molecule has 19 heavy (non-hydrogen) atoms. The van der Waals surface area contributed by atoms with Crippen molar-refractivity contribution in [2.75, 3.05) is 18.0 Å². The van der Waals surface area contributed by atoms with Crippen molar-refractivity contribution < 1.29 is 18.3 Å². The molecule has 0 fully saturated rings. The summed E-state index contributed by atoms with van der Waals surface area (Å²) >= 11 is 0. The molecule has 0 radical (unpaired) electrons. The van der Waals surface area contributed by atoms with Gasteiger partial charge >= 0.3 is 6.18 Å². The summed E-state index contributed by atoms with van der Waals surface area (Å²) in [5.41, 5.74) is 1.03. The molecule has 0 aromatic heterocycles. The monoisotopic (exact) mass is 275 g/mol. The van der Waals surface area contributed by atoms with Crippen molar-refractivity contribution in [1.29, 1.82) is 0 Å². The van der Waals surface area contributed by atoms with Crippen LogP contribution >= 0.6 is 0 Å². The van der Waals surface area contributed by atoms with E-state index in [0.717, 1.165) is 0 Å². The molecule has 2 nitrogen and oxygen atoms in total. The zero-order chi connectivity index (χ0) is 14.5. The molecule has 1 atom stereocenters. The fourth-order valence-corrected chi connectivity index (χ4v) is 2.05. The first-order valence-corrected chi connectivity index (χ1v) is 6.47. The Balaban J connectivity index is 3.08. The van der Waals surface area contributed by atoms with Gasteiger partial charge in [-0.05, 0) is 18.9 Å². The molecular weight excluding hydrogens is 255 g/mol. The number of halogens is 3. The summed E-state index contributed by atoms with van der Waals surface area (Å²) in [6, 6.07) is 6.74. The Bertz CT molecular complexity index is 393. The molecule has 0 unspecified atom stereocenters. The topological polar surface area (TPSA) is 23.5 Å². The van der Waals surface area contributed by atoms with Crippen molar-refractivity contribution in [2.45, 2.75) is 39.0 Å². The van der Waals surface area contributed by atoms with E-state index >= 15 is 0 Å². The number of benzene rings is 1. The van der Waals surface area contributed by atoms with Gasteiger partial charge in [0.1, 0.15) is 6.54 Å². The van der Waals surface area contributed by atoms with Crippen LogP contribution in [-0.4, -0.2) is 24.4 Å². The quantitative estimate of drug-likeness (QED) is 0.851. The third-order valence-corrected chi connectivity index (χ3v) is 2.89. The molecule has 1 rings (SSSR count). The molecule has 0 amide bonds. The summed E-state index contributed by atoms with van der Waals surface area (Å²) < 4.78 is 37.9. The maximum absolute atomic E-state index is 12.6. The number of aliphatic hydroxyl groups excluding tert-OH is 1. The molecule has 0 aliphatic carbocycles. The highest BCUT2D eigenvalue weighted by molar-refractivity contribution is 5.54. The third-order valence-electron chi connectivity index (χ3n) is 2.89. The van der Waals surface area contributed by atoms with E-state index in [1.54, 1.807) is 31.2 Å². The van der Waals surface area contributed by atoms with Gasteiger partial charge in [0.25, 0.3) is 0 Å². The van der Waals surface area contributed by atoms with Gasteiger partial charge in [-0.25, -0.2) is 0 Å². The third kappa shape index (κ3) is 4.74. The van der Waals surface area contributed by atoms with Crippen molar-refractivity contribution in [3.8, 4) is 0 Å². The molecule has 108 valence electrons. The molecule has 0 aliphatic rings. The van der Waals surface area contributed by atoms with Crippen molar-refractivity contribution in [3.63, 3.8) is 0 Å². The van der Waals surface area contributed by atoms with Crippen molar-refractivity contribution in [1.82, 2.24) is 0 Å². The standard InChI is InChI=1S/C14H20F3NO/c1-3-9-18(10-14(15,16)17)12-8-6-5-7-11(12)13(19)4-2/h5-8,13,19H,3-4,9-10H2,1-2H3/t13-/m0/s1. The number of hydrogen-bond acceptors (Lipinski definition) is 2. The van der Waals surface area contributed by atoms with Crippen LogP contribution in [0.25, 0.3) is 0 Å². The first-order chi connectivity index (χ1) is 8.89. The maximum atomic E-state index is 12.6. The normalized spacial score (nSPS) is 13.4. The summed E-state index contributed by atoms with van der Waals surface area (Å²) in [4.78, 5) is 1.29. The number of hydrogen-bond donors (Lipinski definition) is 1. The Morgan fingerprint density at radius 1 is 1.21 bits per heavy atom. The SMILES string of the molecule is CCCN(CC(F)(F)F)c1ccccc1[C@@H](O)CC. The molecule has 1 N–H and O–H groups in total. The van der Waals surface area contributed by atoms with E-state index in [1.165, 1.54) is 4.90 Å². The van der Waals surface area contributed by atoms with Gasteiger partial charge in [0.05, 0.1) is 6.10 Å². The zero-order valence-corrected chi connectivity index (χ0v) is 11.2. The molecule has 0 spiro atoms. The zero-order valence-electron chi connectivity index (χ0n) is 11.2. The highest BCUT2D eigenvalue weighted by Crippen LogP contribution is 2.30. The Kier molecular flexibility index (Phi) is 5.66. The summed E-state index contributed by atoms with van der Waals surface area (Å²) in [5, 5.41) is 9.92. The highest BCUT2D eigenvalue weighted by Gasteiger charge is 2.31. The lowest BCUT2D eigenvalue weighted by atomic mass is 10.0. The molecule has 0 heterocycles. The van der Waals surface area contributed by atoms with Crippen LogP contribution in [0.1, 0.15) is 38.4 Å². The number of aliphatic hydroxyl groups is 1. The minimum absolute atomic E-state index is 0.312. The smallest absolute Gasteiger partial charge is 0.388 e. The Hall–Kier alpha value is -1.23. The number of para-hydroxylation sites is 1. The summed E-state index contributed by atoms with van der Waals surface area (Å²) in [7, 11) is 0. The second-order valence-electron chi connectivity index (χ2n) is 4.52. The minimum Gasteiger partial charge on any atom is -0.388 e. The Labute approximate surface area is 111 Å². The van der Waals surface area contributed by atoms with Crippen molar-refractivity contribution >= 4 is 5.69 Å². The van der Waals surface area contributed by atoms with E-state index in [0.29, 0.717) is 30.6 Å². The molecular formula is C14H20F3NO. The predicted molar refractivity (Wildman–Crippen MR) is 70.3 cm³/mol. The largest absolute Gasteiger partial charge is 0.405 e. The first kappa shape index (κ1) is 15.8. The molecule has 1 aromatic carbocycles. The van der Waals surface area contributed by atoms with Crippen molar-refractivity contribution in [2.24, 2.45) is 0 Å². The van der Waals surface area contributed by atoms with E-state index in [4.69, 9.17) is 0 Å². The van der Waals surface area contributed by atoms with Crippen LogP contribution in [0, 0.1) is 0 Å². The van der Waals surface area contributed by atoms with Crippen LogP contribution in [0.5, 0.6) is 0 Å². The number of rotatable bonds is 6. The van der Waals surface area contributed by atoms with Gasteiger partial charge in [-0.1, -0.05) is 32.0 Å². The minimum atomic E-state index is -4.25. The lowest BCUT2D eigenvalue weighted by Crippen LogP contribution is -2.35. The van der Waals surface area contributed by atoms with E-state index in [1.807, 2.05) is 6.92 Å². The fourth-order valence-electron chi connectivity index (χ4n) is 2.05. The number of nitrogens with zero attached hydrogens (tertiary/aromatic N) is 1. The van der Waals surface area contributed by atoms with Gasteiger partial charge < -0.3 is 10.0 Å². The first-order valence-electron chi connectivity index (χ1n) is 6.47. The van der Waals surface area contributed by atoms with Gasteiger partial charge in [-0.15, -0.1) is 0 Å². The van der Waals surface area contributed by atoms with Crippen LogP contribution < -0.4 is 4.90 Å². The van der Waals surface area contributed by atoms with Crippen LogP contribution in [0.3, 0.4) is 0 Å². The molecule has 0 saturated heterocycles. The summed E-state index contributed by atoms with van der Waals surface area (Å²) in [6.07, 6.45) is -3.89. The summed E-state index contributed by atoms with van der Waals surface area (Å²) in [6.45, 7) is 2.96. The average molecular weight is 275 g/mol. The number of alkyl halides is 3. The fraction of sp³-hybridized carbons (Fsp3) is 0.571. The van der Waals surface area contributed by atoms with E-state index in [-0.39, 0.29) is 0 Å². The van der Waals surface area contributed by atoms with Gasteiger partial charge in [-0.2, -0.15) is 13.2 Å².